The minimum atomic E-state index is -4.10. The zero-order valence-corrected chi connectivity index (χ0v) is 13.6. The number of carboxylic acids is 1. The van der Waals surface area contributed by atoms with E-state index in [0.717, 1.165) is 17.7 Å². The third kappa shape index (κ3) is 4.15. The number of aryl methyl sites for hydroxylation is 1. The third-order valence-corrected chi connectivity index (χ3v) is 5.12. The molecule has 0 heterocycles. The maximum absolute atomic E-state index is 13.3. The van der Waals surface area contributed by atoms with Gasteiger partial charge in [-0.2, -0.15) is 4.31 Å². The second-order valence-electron chi connectivity index (χ2n) is 5.23. The van der Waals surface area contributed by atoms with Crippen molar-refractivity contribution in [1.29, 1.82) is 0 Å². The van der Waals surface area contributed by atoms with E-state index in [1.54, 1.807) is 19.1 Å². The van der Waals surface area contributed by atoms with Gasteiger partial charge in [0.2, 0.25) is 10.0 Å². The van der Waals surface area contributed by atoms with Gasteiger partial charge in [0.15, 0.2) is 11.6 Å². The van der Waals surface area contributed by atoms with Crippen molar-refractivity contribution in [2.24, 2.45) is 0 Å². The molecule has 0 aromatic heterocycles. The molecule has 2 rings (SSSR count). The molecule has 0 bridgehead atoms. The summed E-state index contributed by atoms with van der Waals surface area (Å²) in [6.07, 6.45) is 0. The molecule has 0 aliphatic heterocycles. The van der Waals surface area contributed by atoms with E-state index in [2.05, 4.69) is 0 Å². The quantitative estimate of drug-likeness (QED) is 0.864. The molecule has 2 aromatic carbocycles. The lowest BCUT2D eigenvalue weighted by molar-refractivity contribution is -0.137. The van der Waals surface area contributed by atoms with Gasteiger partial charge in [-0.1, -0.05) is 23.8 Å². The molecule has 8 heteroatoms. The maximum Gasteiger partial charge on any atom is 0.318 e. The van der Waals surface area contributed by atoms with Crippen LogP contribution in [0.1, 0.15) is 11.1 Å². The molecule has 2 aromatic rings. The molecule has 0 radical (unpaired) electrons. The average Bonchev–Trinajstić information content (AvgIpc) is 2.50. The zero-order chi connectivity index (χ0) is 17.9. The smallest absolute Gasteiger partial charge is 0.318 e. The van der Waals surface area contributed by atoms with E-state index in [4.69, 9.17) is 5.11 Å². The number of aliphatic carboxylic acids is 1. The summed E-state index contributed by atoms with van der Waals surface area (Å²) in [5.74, 6) is -3.55. The molecular formula is C16H15F2NO4S. The minimum Gasteiger partial charge on any atom is -0.480 e. The fourth-order valence-corrected chi connectivity index (χ4v) is 3.46. The van der Waals surface area contributed by atoms with E-state index in [1.165, 1.54) is 18.2 Å². The molecule has 0 saturated carbocycles. The summed E-state index contributed by atoms with van der Waals surface area (Å²) in [5, 5.41) is 8.97. The van der Waals surface area contributed by atoms with Gasteiger partial charge in [-0.15, -0.1) is 0 Å². The highest BCUT2D eigenvalue weighted by atomic mass is 32.2. The van der Waals surface area contributed by atoms with Crippen molar-refractivity contribution in [3.63, 3.8) is 0 Å². The number of halogens is 2. The first kappa shape index (κ1) is 18.0. The summed E-state index contributed by atoms with van der Waals surface area (Å²) < 4.78 is 52.2. The van der Waals surface area contributed by atoms with Crippen molar-refractivity contribution < 1.29 is 27.1 Å². The third-order valence-electron chi connectivity index (χ3n) is 3.31. The Labute approximate surface area is 138 Å². The molecule has 0 fully saturated rings. The highest BCUT2D eigenvalue weighted by Gasteiger charge is 2.27. The Hall–Kier alpha value is -2.32. The largest absolute Gasteiger partial charge is 0.480 e. The summed E-state index contributed by atoms with van der Waals surface area (Å²) >= 11 is 0. The molecule has 0 aliphatic rings. The van der Waals surface area contributed by atoms with Crippen molar-refractivity contribution >= 4 is 16.0 Å². The number of benzene rings is 2. The van der Waals surface area contributed by atoms with Crippen LogP contribution < -0.4 is 0 Å². The van der Waals surface area contributed by atoms with Gasteiger partial charge in [0, 0.05) is 6.54 Å². The van der Waals surface area contributed by atoms with Gasteiger partial charge < -0.3 is 5.11 Å². The van der Waals surface area contributed by atoms with Crippen LogP contribution in [-0.4, -0.2) is 30.3 Å². The van der Waals surface area contributed by atoms with Crippen LogP contribution in [0.5, 0.6) is 0 Å². The normalized spacial score (nSPS) is 11.7. The molecule has 24 heavy (non-hydrogen) atoms. The van der Waals surface area contributed by atoms with E-state index in [1.807, 2.05) is 0 Å². The summed E-state index contributed by atoms with van der Waals surface area (Å²) in [5.41, 5.74) is 0.991. The highest BCUT2D eigenvalue weighted by molar-refractivity contribution is 7.89. The number of nitrogens with zero attached hydrogens (tertiary/aromatic N) is 1. The van der Waals surface area contributed by atoms with Crippen molar-refractivity contribution in [3.8, 4) is 0 Å². The van der Waals surface area contributed by atoms with Crippen LogP contribution in [0.25, 0.3) is 0 Å². The van der Waals surface area contributed by atoms with Crippen molar-refractivity contribution in [2.45, 2.75) is 18.4 Å². The van der Waals surface area contributed by atoms with E-state index in [0.29, 0.717) is 4.31 Å². The van der Waals surface area contributed by atoms with Crippen LogP contribution in [0, 0.1) is 18.6 Å². The molecule has 0 amide bonds. The Morgan fingerprint density at radius 1 is 1.08 bits per heavy atom. The Morgan fingerprint density at radius 2 is 1.71 bits per heavy atom. The van der Waals surface area contributed by atoms with Gasteiger partial charge >= 0.3 is 5.97 Å². The van der Waals surface area contributed by atoms with Crippen LogP contribution >= 0.6 is 0 Å². The lowest BCUT2D eigenvalue weighted by Gasteiger charge is -2.20. The average molecular weight is 355 g/mol. The first-order valence-electron chi connectivity index (χ1n) is 6.92. The molecule has 0 aliphatic carbocycles. The summed E-state index contributed by atoms with van der Waals surface area (Å²) in [4.78, 5) is 10.9. The predicted molar refractivity (Wildman–Crippen MR) is 82.8 cm³/mol. The van der Waals surface area contributed by atoms with Gasteiger partial charge in [-0.25, -0.2) is 17.2 Å². The number of sulfonamides is 1. The molecule has 0 unspecified atom stereocenters. The monoisotopic (exact) mass is 355 g/mol. The molecule has 5 nitrogen and oxygen atoms in total. The number of hydrogen-bond acceptors (Lipinski definition) is 3. The highest BCUT2D eigenvalue weighted by Crippen LogP contribution is 2.20. The number of carbonyl (C=O) groups is 1. The summed E-state index contributed by atoms with van der Waals surface area (Å²) in [6.45, 7) is 0.599. The van der Waals surface area contributed by atoms with Crippen LogP contribution in [0.3, 0.4) is 0 Å². The van der Waals surface area contributed by atoms with E-state index in [9.17, 15) is 22.0 Å². The Morgan fingerprint density at radius 3 is 2.25 bits per heavy atom. The predicted octanol–water partition coefficient (Wildman–Crippen LogP) is 2.55. The number of rotatable bonds is 6. The first-order chi connectivity index (χ1) is 11.2. The van der Waals surface area contributed by atoms with Gasteiger partial charge in [0.25, 0.3) is 0 Å². The minimum absolute atomic E-state index is 0.0723. The van der Waals surface area contributed by atoms with E-state index < -0.39 is 34.2 Å². The van der Waals surface area contributed by atoms with Crippen LogP contribution in [0.4, 0.5) is 8.78 Å². The fraction of sp³-hybridized carbons (Fsp3) is 0.188. The van der Waals surface area contributed by atoms with E-state index in [-0.39, 0.29) is 17.0 Å². The summed E-state index contributed by atoms with van der Waals surface area (Å²) in [6, 6.07) is 8.82. The van der Waals surface area contributed by atoms with Crippen molar-refractivity contribution in [3.05, 3.63) is 65.2 Å². The Balaban J connectivity index is 2.38. The standard InChI is InChI=1S/C16H15F2NO4S/c1-11-2-5-13(6-3-11)24(22,23)19(10-16(20)21)9-12-4-7-14(17)15(18)8-12/h2-8H,9-10H2,1H3,(H,20,21). The van der Waals surface area contributed by atoms with Crippen molar-refractivity contribution in [2.75, 3.05) is 6.54 Å². The zero-order valence-electron chi connectivity index (χ0n) is 12.7. The first-order valence-corrected chi connectivity index (χ1v) is 8.36. The lowest BCUT2D eigenvalue weighted by Crippen LogP contribution is -2.35. The second kappa shape index (κ2) is 7.06. The van der Waals surface area contributed by atoms with Crippen molar-refractivity contribution in [1.82, 2.24) is 4.31 Å². The van der Waals surface area contributed by atoms with Crippen LogP contribution in [0.15, 0.2) is 47.4 Å². The van der Waals surface area contributed by atoms with Gasteiger partial charge in [-0.3, -0.25) is 4.79 Å². The van der Waals surface area contributed by atoms with Crippen LogP contribution in [-0.2, 0) is 21.4 Å². The molecule has 1 N–H and O–H groups in total. The molecule has 0 atom stereocenters. The van der Waals surface area contributed by atoms with E-state index >= 15 is 0 Å². The SMILES string of the molecule is Cc1ccc(S(=O)(=O)N(CC(=O)O)Cc2ccc(F)c(F)c2)cc1. The van der Waals surface area contributed by atoms with Gasteiger partial charge in [-0.05, 0) is 36.8 Å². The summed E-state index contributed by atoms with van der Waals surface area (Å²) in [7, 11) is -4.10. The molecule has 0 spiro atoms. The molecular weight excluding hydrogens is 340 g/mol. The van der Waals surface area contributed by atoms with Gasteiger partial charge in [0.05, 0.1) is 4.90 Å². The maximum atomic E-state index is 13.3. The molecule has 0 saturated heterocycles. The van der Waals surface area contributed by atoms with Gasteiger partial charge in [0.1, 0.15) is 6.54 Å². The Kier molecular flexibility index (Phi) is 5.30. The number of carboxylic acid groups (broad SMARTS) is 1. The number of hydrogen-bond donors (Lipinski definition) is 1. The topological polar surface area (TPSA) is 74.7 Å². The Bertz CT molecular complexity index is 851. The second-order valence-corrected chi connectivity index (χ2v) is 7.17. The molecule has 128 valence electrons. The lowest BCUT2D eigenvalue weighted by atomic mass is 10.2. The van der Waals surface area contributed by atoms with Crippen LogP contribution in [0.2, 0.25) is 0 Å². The fourth-order valence-electron chi connectivity index (χ4n) is 2.08.